The number of H-pyrrole nitrogens is 1. The minimum Gasteiger partial charge on any atom is -0.306 e. The van der Waals surface area contributed by atoms with Crippen molar-refractivity contribution in [1.29, 1.82) is 0 Å². The first-order valence-electron chi connectivity index (χ1n) is 5.99. The van der Waals surface area contributed by atoms with E-state index in [1.165, 1.54) is 0 Å². The van der Waals surface area contributed by atoms with Crippen LogP contribution in [0.3, 0.4) is 0 Å². The fourth-order valence-corrected chi connectivity index (χ4v) is 1.71. The van der Waals surface area contributed by atoms with Crippen molar-refractivity contribution in [1.82, 2.24) is 15.5 Å². The molecule has 1 aromatic heterocycles. The third kappa shape index (κ3) is 3.59. The van der Waals surface area contributed by atoms with Crippen LogP contribution >= 0.6 is 11.6 Å². The van der Waals surface area contributed by atoms with Crippen molar-refractivity contribution < 1.29 is 0 Å². The molecular formula is C14H18ClN3. The molecule has 1 heterocycles. The Labute approximate surface area is 113 Å². The molecule has 0 aliphatic carbocycles. The second-order valence-corrected chi connectivity index (χ2v) is 5.83. The maximum atomic E-state index is 5.87. The summed E-state index contributed by atoms with van der Waals surface area (Å²) in [6.07, 6.45) is 0. The van der Waals surface area contributed by atoms with E-state index in [0.717, 1.165) is 28.5 Å². The lowest BCUT2D eigenvalue weighted by atomic mass is 10.1. The maximum Gasteiger partial charge on any atom is 0.0924 e. The van der Waals surface area contributed by atoms with Crippen LogP contribution in [0.2, 0.25) is 5.02 Å². The second kappa shape index (κ2) is 5.12. The molecule has 0 aliphatic heterocycles. The first-order chi connectivity index (χ1) is 8.44. The van der Waals surface area contributed by atoms with E-state index in [1.54, 1.807) is 0 Å². The van der Waals surface area contributed by atoms with Gasteiger partial charge in [-0.3, -0.25) is 5.10 Å². The van der Waals surface area contributed by atoms with Gasteiger partial charge in [0, 0.05) is 28.4 Å². The summed E-state index contributed by atoms with van der Waals surface area (Å²) in [6, 6.07) is 9.75. The third-order valence-electron chi connectivity index (χ3n) is 2.58. The van der Waals surface area contributed by atoms with Crippen LogP contribution in [0.4, 0.5) is 0 Å². The van der Waals surface area contributed by atoms with Gasteiger partial charge in [0.25, 0.3) is 0 Å². The smallest absolute Gasteiger partial charge is 0.0924 e. The van der Waals surface area contributed by atoms with Gasteiger partial charge in [0.1, 0.15) is 0 Å². The Kier molecular flexibility index (Phi) is 3.73. The predicted molar refractivity (Wildman–Crippen MR) is 75.6 cm³/mol. The van der Waals surface area contributed by atoms with Gasteiger partial charge in [0.05, 0.1) is 5.69 Å². The first kappa shape index (κ1) is 13.1. The van der Waals surface area contributed by atoms with E-state index in [-0.39, 0.29) is 5.54 Å². The zero-order valence-corrected chi connectivity index (χ0v) is 11.7. The molecule has 3 nitrogen and oxygen atoms in total. The Balaban J connectivity index is 2.08. The van der Waals surface area contributed by atoms with Gasteiger partial charge >= 0.3 is 0 Å². The lowest BCUT2D eigenvalue weighted by molar-refractivity contribution is 0.421. The van der Waals surface area contributed by atoms with Crippen LogP contribution < -0.4 is 5.32 Å². The highest BCUT2D eigenvalue weighted by Gasteiger charge is 2.10. The number of aromatic amines is 1. The molecule has 96 valence electrons. The molecule has 0 atom stereocenters. The Hall–Kier alpha value is -1.32. The number of hydrogen-bond acceptors (Lipinski definition) is 2. The van der Waals surface area contributed by atoms with Gasteiger partial charge in [0.2, 0.25) is 0 Å². The predicted octanol–water partition coefficient (Wildman–Crippen LogP) is 3.62. The third-order valence-corrected chi connectivity index (χ3v) is 2.83. The largest absolute Gasteiger partial charge is 0.306 e. The molecular weight excluding hydrogens is 246 g/mol. The number of rotatable bonds is 3. The van der Waals surface area contributed by atoms with E-state index in [0.29, 0.717) is 0 Å². The minimum atomic E-state index is 0.103. The van der Waals surface area contributed by atoms with Crippen molar-refractivity contribution in [2.24, 2.45) is 0 Å². The van der Waals surface area contributed by atoms with E-state index in [1.807, 2.05) is 24.3 Å². The number of nitrogens with one attached hydrogen (secondary N) is 2. The number of nitrogens with zero attached hydrogens (tertiary/aromatic N) is 1. The summed E-state index contributed by atoms with van der Waals surface area (Å²) in [6.45, 7) is 7.21. The van der Waals surface area contributed by atoms with Crippen LogP contribution in [0.25, 0.3) is 11.3 Å². The van der Waals surface area contributed by atoms with Gasteiger partial charge in [0.15, 0.2) is 0 Å². The van der Waals surface area contributed by atoms with Gasteiger partial charge in [-0.15, -0.1) is 0 Å². The summed E-state index contributed by atoms with van der Waals surface area (Å²) in [4.78, 5) is 0. The van der Waals surface area contributed by atoms with Crippen LogP contribution in [0, 0.1) is 0 Å². The van der Waals surface area contributed by atoms with Crippen molar-refractivity contribution in [3.8, 4) is 11.3 Å². The molecule has 0 aliphatic rings. The molecule has 2 aromatic rings. The topological polar surface area (TPSA) is 40.7 Å². The fourth-order valence-electron chi connectivity index (χ4n) is 1.58. The molecule has 4 heteroatoms. The first-order valence-corrected chi connectivity index (χ1v) is 6.37. The molecule has 0 amide bonds. The molecule has 2 rings (SSSR count). The van der Waals surface area contributed by atoms with Crippen molar-refractivity contribution in [2.75, 3.05) is 0 Å². The average Bonchev–Trinajstić information content (AvgIpc) is 2.75. The summed E-state index contributed by atoms with van der Waals surface area (Å²) in [5.41, 5.74) is 3.19. The SMILES string of the molecule is CC(C)(C)NCc1cc(-c2ccc(Cl)cc2)n[nH]1. The zero-order valence-electron chi connectivity index (χ0n) is 10.9. The van der Waals surface area contributed by atoms with Gasteiger partial charge in [-0.2, -0.15) is 5.10 Å². The van der Waals surface area contributed by atoms with Gasteiger partial charge in [-0.1, -0.05) is 23.7 Å². The molecule has 1 aromatic carbocycles. The summed E-state index contributed by atoms with van der Waals surface area (Å²) in [5.74, 6) is 0. The fraction of sp³-hybridized carbons (Fsp3) is 0.357. The van der Waals surface area contributed by atoms with Crippen LogP contribution in [0.5, 0.6) is 0 Å². The molecule has 0 unspecified atom stereocenters. The van der Waals surface area contributed by atoms with Gasteiger partial charge in [-0.05, 0) is 39.0 Å². The van der Waals surface area contributed by atoms with E-state index in [9.17, 15) is 0 Å². The number of hydrogen-bond donors (Lipinski definition) is 2. The summed E-state index contributed by atoms with van der Waals surface area (Å²) in [5, 5.41) is 11.5. The average molecular weight is 264 g/mol. The van der Waals surface area contributed by atoms with E-state index in [4.69, 9.17) is 11.6 Å². The normalized spacial score (nSPS) is 11.8. The molecule has 18 heavy (non-hydrogen) atoms. The van der Waals surface area contributed by atoms with E-state index >= 15 is 0 Å². The molecule has 0 fully saturated rings. The Morgan fingerprint density at radius 1 is 1.22 bits per heavy atom. The Morgan fingerprint density at radius 2 is 1.89 bits per heavy atom. The number of halogens is 1. The van der Waals surface area contributed by atoms with Crippen molar-refractivity contribution in [2.45, 2.75) is 32.9 Å². The van der Waals surface area contributed by atoms with E-state index < -0.39 is 0 Å². The number of benzene rings is 1. The highest BCUT2D eigenvalue weighted by Crippen LogP contribution is 2.20. The molecule has 0 spiro atoms. The summed E-state index contributed by atoms with van der Waals surface area (Å²) in [7, 11) is 0. The molecule has 0 bridgehead atoms. The molecule has 2 N–H and O–H groups in total. The van der Waals surface area contributed by atoms with Gasteiger partial charge in [-0.25, -0.2) is 0 Å². The molecule has 0 saturated heterocycles. The Bertz CT molecular complexity index is 509. The quantitative estimate of drug-likeness (QED) is 0.888. The Morgan fingerprint density at radius 3 is 2.50 bits per heavy atom. The van der Waals surface area contributed by atoms with Crippen LogP contribution in [-0.4, -0.2) is 15.7 Å². The highest BCUT2D eigenvalue weighted by molar-refractivity contribution is 6.30. The number of aromatic nitrogens is 2. The molecule has 0 saturated carbocycles. The molecule has 0 radical (unpaired) electrons. The summed E-state index contributed by atoms with van der Waals surface area (Å²) < 4.78 is 0. The van der Waals surface area contributed by atoms with Crippen molar-refractivity contribution in [3.63, 3.8) is 0 Å². The van der Waals surface area contributed by atoms with Crippen molar-refractivity contribution >= 4 is 11.6 Å². The lowest BCUT2D eigenvalue weighted by Gasteiger charge is -2.19. The zero-order chi connectivity index (χ0) is 13.2. The summed E-state index contributed by atoms with van der Waals surface area (Å²) >= 11 is 5.87. The monoisotopic (exact) mass is 263 g/mol. The van der Waals surface area contributed by atoms with Crippen LogP contribution in [0.1, 0.15) is 26.5 Å². The lowest BCUT2D eigenvalue weighted by Crippen LogP contribution is -2.35. The second-order valence-electron chi connectivity index (χ2n) is 5.39. The maximum absolute atomic E-state index is 5.87. The van der Waals surface area contributed by atoms with Gasteiger partial charge < -0.3 is 5.32 Å². The van der Waals surface area contributed by atoms with Crippen LogP contribution in [-0.2, 0) is 6.54 Å². The van der Waals surface area contributed by atoms with Crippen LogP contribution in [0.15, 0.2) is 30.3 Å². The standard InChI is InChI=1S/C14H18ClN3/c1-14(2,3)16-9-12-8-13(18-17-12)10-4-6-11(15)7-5-10/h4-8,16H,9H2,1-3H3,(H,17,18). The van der Waals surface area contributed by atoms with E-state index in [2.05, 4.69) is 42.4 Å². The highest BCUT2D eigenvalue weighted by atomic mass is 35.5. The minimum absolute atomic E-state index is 0.103. The van der Waals surface area contributed by atoms with Crippen molar-refractivity contribution in [3.05, 3.63) is 41.0 Å².